The van der Waals surface area contributed by atoms with E-state index in [-0.39, 0.29) is 17.0 Å². The van der Waals surface area contributed by atoms with Crippen molar-refractivity contribution in [1.82, 2.24) is 25.1 Å². The van der Waals surface area contributed by atoms with E-state index < -0.39 is 6.43 Å². The number of para-hydroxylation sites is 1. The Hall–Kier alpha value is -2.06. The van der Waals surface area contributed by atoms with Crippen molar-refractivity contribution in [1.29, 1.82) is 0 Å². The third kappa shape index (κ3) is 4.43. The van der Waals surface area contributed by atoms with Crippen LogP contribution < -0.4 is 5.32 Å². The number of fused-ring (bicyclic) bond motifs is 3. The first kappa shape index (κ1) is 20.2. The van der Waals surface area contributed by atoms with E-state index in [1.807, 2.05) is 20.8 Å². The summed E-state index contributed by atoms with van der Waals surface area (Å²) in [5, 5.41) is 3.05. The Balaban J connectivity index is 1.41. The lowest BCUT2D eigenvalue weighted by Gasteiger charge is -2.40. The molecular formula is C21H29F2N5O. The Labute approximate surface area is 169 Å². The van der Waals surface area contributed by atoms with Crippen LogP contribution in [0.3, 0.4) is 0 Å². The van der Waals surface area contributed by atoms with Crippen molar-refractivity contribution >= 4 is 16.9 Å². The molecule has 0 saturated carbocycles. The smallest absolute Gasteiger partial charge is 0.266 e. The van der Waals surface area contributed by atoms with Gasteiger partial charge in [0.05, 0.1) is 24.1 Å². The van der Waals surface area contributed by atoms with Gasteiger partial charge in [-0.05, 0) is 39.7 Å². The maximum atomic E-state index is 13.2. The molecule has 2 fully saturated rings. The molecule has 4 rings (SSSR count). The zero-order valence-electron chi connectivity index (χ0n) is 17.2. The summed E-state index contributed by atoms with van der Waals surface area (Å²) in [5.41, 5.74) is 0.757. The van der Waals surface area contributed by atoms with Crippen molar-refractivity contribution in [2.24, 2.45) is 0 Å². The van der Waals surface area contributed by atoms with Gasteiger partial charge in [0, 0.05) is 36.3 Å². The Bertz CT molecular complexity index is 877. The van der Waals surface area contributed by atoms with Gasteiger partial charge in [-0.3, -0.25) is 14.6 Å². The van der Waals surface area contributed by atoms with E-state index in [2.05, 4.69) is 25.1 Å². The normalized spacial score (nSPS) is 23.2. The number of nitrogens with one attached hydrogen (secondary N) is 2. The van der Waals surface area contributed by atoms with Crippen LogP contribution in [0.25, 0.3) is 11.0 Å². The second kappa shape index (κ2) is 7.65. The highest BCUT2D eigenvalue weighted by molar-refractivity contribution is 5.79. The molecule has 2 aliphatic heterocycles. The summed E-state index contributed by atoms with van der Waals surface area (Å²) in [7, 11) is 0. The van der Waals surface area contributed by atoms with Crippen LogP contribution in [0.4, 0.5) is 8.78 Å². The monoisotopic (exact) mass is 405 g/mol. The number of aromatic nitrogens is 2. The van der Waals surface area contributed by atoms with Gasteiger partial charge in [-0.2, -0.15) is 0 Å². The van der Waals surface area contributed by atoms with Gasteiger partial charge < -0.3 is 10.3 Å². The summed E-state index contributed by atoms with van der Waals surface area (Å²) >= 11 is 0. The van der Waals surface area contributed by atoms with Gasteiger partial charge >= 0.3 is 0 Å². The Kier molecular flexibility index (Phi) is 5.33. The molecule has 1 aromatic carbocycles. The maximum absolute atomic E-state index is 13.2. The van der Waals surface area contributed by atoms with E-state index >= 15 is 0 Å². The summed E-state index contributed by atoms with van der Waals surface area (Å²) in [4.78, 5) is 24.7. The van der Waals surface area contributed by atoms with E-state index in [1.54, 1.807) is 12.1 Å². The molecule has 0 spiro atoms. The number of nitrogens with zero attached hydrogens (tertiary/aromatic N) is 3. The molecule has 2 aliphatic rings. The highest BCUT2D eigenvalue weighted by Gasteiger charge is 2.40. The summed E-state index contributed by atoms with van der Waals surface area (Å²) in [6, 6.07) is 5.54. The molecule has 0 aliphatic carbocycles. The molecule has 2 saturated heterocycles. The summed E-state index contributed by atoms with van der Waals surface area (Å²) < 4.78 is 26.4. The minimum Gasteiger partial charge on any atom is -0.350 e. The van der Waals surface area contributed by atoms with Crippen molar-refractivity contribution in [2.75, 3.05) is 19.6 Å². The van der Waals surface area contributed by atoms with E-state index in [0.29, 0.717) is 42.0 Å². The first-order valence-electron chi connectivity index (χ1n) is 10.2. The molecule has 0 radical (unpaired) electrons. The number of halogens is 2. The van der Waals surface area contributed by atoms with Crippen LogP contribution in [0, 0.1) is 0 Å². The number of piperazine rings is 1. The Morgan fingerprint density at radius 1 is 1.28 bits per heavy atom. The van der Waals surface area contributed by atoms with Gasteiger partial charge in [-0.15, -0.1) is 0 Å². The average molecular weight is 405 g/mol. The van der Waals surface area contributed by atoms with E-state index in [9.17, 15) is 13.6 Å². The number of rotatable bonds is 5. The number of imidazole rings is 1. The Morgan fingerprint density at radius 2 is 1.97 bits per heavy atom. The molecule has 2 unspecified atom stereocenters. The average Bonchev–Trinajstić information content (AvgIpc) is 3.10. The second-order valence-corrected chi connectivity index (χ2v) is 9.28. The first-order valence-corrected chi connectivity index (χ1v) is 10.2. The van der Waals surface area contributed by atoms with Crippen molar-refractivity contribution in [3.05, 3.63) is 29.6 Å². The van der Waals surface area contributed by atoms with Gasteiger partial charge in [0.15, 0.2) is 0 Å². The largest absolute Gasteiger partial charge is 0.350 e. The highest BCUT2D eigenvalue weighted by Crippen LogP contribution is 2.31. The number of alkyl halides is 2. The molecule has 8 heteroatoms. The summed E-state index contributed by atoms with van der Waals surface area (Å²) in [6.07, 6.45) is -0.368. The van der Waals surface area contributed by atoms with Crippen LogP contribution >= 0.6 is 0 Å². The lowest BCUT2D eigenvalue weighted by Crippen LogP contribution is -2.56. The number of hydrogen-bond donors (Lipinski definition) is 2. The summed E-state index contributed by atoms with van der Waals surface area (Å²) in [5.74, 6) is 0.783. The topological polar surface area (TPSA) is 64.3 Å². The number of amides is 1. The Morgan fingerprint density at radius 3 is 2.59 bits per heavy atom. The van der Waals surface area contributed by atoms with Gasteiger partial charge in [0.25, 0.3) is 6.43 Å². The van der Waals surface area contributed by atoms with Crippen LogP contribution in [0.15, 0.2) is 18.2 Å². The number of hydrogen-bond acceptors (Lipinski definition) is 4. The quantitative estimate of drug-likeness (QED) is 0.803. The molecule has 6 nitrogen and oxygen atoms in total. The molecule has 2 atom stereocenters. The molecule has 1 aromatic heterocycles. The zero-order valence-corrected chi connectivity index (χ0v) is 17.2. The molecule has 3 heterocycles. The van der Waals surface area contributed by atoms with Crippen LogP contribution in [0.1, 0.15) is 51.4 Å². The molecule has 1 amide bonds. The molecule has 29 heavy (non-hydrogen) atoms. The number of likely N-dealkylation sites (tertiary alicyclic amines) is 1. The van der Waals surface area contributed by atoms with Gasteiger partial charge in [0.1, 0.15) is 5.82 Å². The van der Waals surface area contributed by atoms with Crippen molar-refractivity contribution in [3.8, 4) is 0 Å². The predicted molar refractivity (Wildman–Crippen MR) is 108 cm³/mol. The van der Waals surface area contributed by atoms with E-state index in [4.69, 9.17) is 0 Å². The number of carbonyl (C=O) groups excluding carboxylic acids is 1. The molecule has 2 bridgehead atoms. The lowest BCUT2D eigenvalue weighted by atomic mass is 10.1. The number of H-pyrrole nitrogens is 1. The van der Waals surface area contributed by atoms with Crippen LogP contribution in [0.2, 0.25) is 0 Å². The highest BCUT2D eigenvalue weighted by atomic mass is 19.3. The van der Waals surface area contributed by atoms with Gasteiger partial charge in [-0.25, -0.2) is 13.8 Å². The summed E-state index contributed by atoms with van der Waals surface area (Å²) in [6.45, 7) is 8.73. The standard InChI is InChI=1S/C21H29F2N5O/c1-21(2,3)26-18(29)12-28-13-7-8-14(28)10-27(9-13)11-17-24-16-6-4-5-15(20(22)23)19(16)25-17/h4-6,13-14,20H,7-12H2,1-3H3,(H,24,25)(H,26,29). The fourth-order valence-corrected chi connectivity index (χ4v) is 4.66. The molecule has 2 N–H and O–H groups in total. The third-order valence-corrected chi connectivity index (χ3v) is 5.75. The fourth-order valence-electron chi connectivity index (χ4n) is 4.66. The zero-order chi connectivity index (χ0) is 20.8. The van der Waals surface area contributed by atoms with Crippen LogP contribution in [-0.4, -0.2) is 62.9 Å². The fraction of sp³-hybridized carbons (Fsp3) is 0.619. The van der Waals surface area contributed by atoms with Crippen LogP contribution in [-0.2, 0) is 11.3 Å². The van der Waals surface area contributed by atoms with Gasteiger partial charge in [-0.1, -0.05) is 12.1 Å². The minimum atomic E-state index is -2.53. The number of carbonyl (C=O) groups is 1. The van der Waals surface area contributed by atoms with Crippen molar-refractivity contribution in [2.45, 2.75) is 64.2 Å². The maximum Gasteiger partial charge on any atom is 0.266 e. The van der Waals surface area contributed by atoms with Crippen molar-refractivity contribution in [3.63, 3.8) is 0 Å². The molecular weight excluding hydrogens is 376 g/mol. The number of aromatic amines is 1. The molecule has 158 valence electrons. The lowest BCUT2D eigenvalue weighted by molar-refractivity contribution is -0.125. The molecule has 2 aromatic rings. The van der Waals surface area contributed by atoms with E-state index in [0.717, 1.165) is 25.9 Å². The minimum absolute atomic E-state index is 0.0280. The predicted octanol–water partition coefficient (Wildman–Crippen LogP) is 3.06. The van der Waals surface area contributed by atoms with E-state index in [1.165, 1.54) is 6.07 Å². The van der Waals surface area contributed by atoms with Gasteiger partial charge in [0.2, 0.25) is 5.91 Å². The second-order valence-electron chi connectivity index (χ2n) is 9.28. The number of benzene rings is 1. The van der Waals surface area contributed by atoms with Crippen LogP contribution in [0.5, 0.6) is 0 Å². The van der Waals surface area contributed by atoms with Crippen molar-refractivity contribution < 1.29 is 13.6 Å². The first-order chi connectivity index (χ1) is 13.7. The SMILES string of the molecule is CC(C)(C)NC(=O)CN1C2CCC1CN(Cc1nc3c(C(F)F)cccc3[nH]1)C2. The third-order valence-electron chi connectivity index (χ3n) is 5.75.